The van der Waals surface area contributed by atoms with E-state index in [1.807, 2.05) is 6.92 Å². The lowest BCUT2D eigenvalue weighted by molar-refractivity contribution is -0.124. The molecule has 0 aromatic rings. The Morgan fingerprint density at radius 3 is 2.46 bits per heavy atom. The van der Waals surface area contributed by atoms with Gasteiger partial charge in [-0.25, -0.2) is 0 Å². The number of aliphatic hydroxyl groups excluding tert-OH is 1. The van der Waals surface area contributed by atoms with Crippen LogP contribution in [0.3, 0.4) is 0 Å². The van der Waals surface area contributed by atoms with Crippen molar-refractivity contribution >= 4 is 11.5 Å². The van der Waals surface area contributed by atoms with Crippen LogP contribution in [-0.4, -0.2) is 22.7 Å². The molecule has 0 spiro atoms. The monoisotopic (exact) mass is 331 g/mol. The first-order valence-electron chi connectivity index (χ1n) is 10.1. The van der Waals surface area contributed by atoms with E-state index >= 15 is 0 Å². The third kappa shape index (κ3) is 2.06. The largest absolute Gasteiger partial charge is 0.393 e. The third-order valence-corrected chi connectivity index (χ3v) is 9.06. The van der Waals surface area contributed by atoms with Crippen molar-refractivity contribution in [3.63, 3.8) is 0 Å². The maximum atomic E-state index is 12.1. The molecule has 0 saturated heterocycles. The Bertz CT molecular complexity index is 570. The molecule has 4 fully saturated rings. The Morgan fingerprint density at radius 1 is 1.04 bits per heavy atom. The van der Waals surface area contributed by atoms with Gasteiger partial charge in [-0.1, -0.05) is 13.8 Å². The molecule has 2 N–H and O–H groups in total. The van der Waals surface area contributed by atoms with Gasteiger partial charge in [0.05, 0.1) is 11.8 Å². The first kappa shape index (κ1) is 16.8. The van der Waals surface area contributed by atoms with E-state index in [1.54, 1.807) is 0 Å². The number of Topliss-reactive ketones (excluding diaryl/α,β-unsaturated/α-hetero) is 1. The van der Waals surface area contributed by atoms with E-state index in [0.717, 1.165) is 24.7 Å². The highest BCUT2D eigenvalue weighted by atomic mass is 16.3. The van der Waals surface area contributed by atoms with Crippen LogP contribution >= 0.6 is 0 Å². The number of carbonyl (C=O) groups is 1. The standard InChI is InChI=1S/C21H33NO2/c1-12(23)14-6-7-15-13-4-5-17-19(22)18(24)9-11-21(17,3)16(13)8-10-20(14,15)2/h12-17,22-23H,4-11H2,1-3H3/t12?,13-,14+,15-,16-,17?,20+,21+/m0/s1. The molecule has 134 valence electrons. The van der Waals surface area contributed by atoms with Gasteiger partial charge in [-0.15, -0.1) is 0 Å². The summed E-state index contributed by atoms with van der Waals surface area (Å²) >= 11 is 0. The van der Waals surface area contributed by atoms with Gasteiger partial charge in [0.15, 0.2) is 5.78 Å². The van der Waals surface area contributed by atoms with E-state index in [-0.39, 0.29) is 23.2 Å². The van der Waals surface area contributed by atoms with Crippen LogP contribution in [0.15, 0.2) is 0 Å². The topological polar surface area (TPSA) is 61.1 Å². The minimum Gasteiger partial charge on any atom is -0.393 e. The van der Waals surface area contributed by atoms with Gasteiger partial charge in [0, 0.05) is 12.3 Å². The number of aliphatic hydroxyl groups is 1. The van der Waals surface area contributed by atoms with Crippen LogP contribution in [-0.2, 0) is 4.79 Å². The van der Waals surface area contributed by atoms with Gasteiger partial charge in [0.2, 0.25) is 0 Å². The van der Waals surface area contributed by atoms with Crippen molar-refractivity contribution in [2.45, 2.75) is 78.2 Å². The van der Waals surface area contributed by atoms with Crippen molar-refractivity contribution in [1.82, 2.24) is 0 Å². The van der Waals surface area contributed by atoms with Crippen molar-refractivity contribution in [3.8, 4) is 0 Å². The van der Waals surface area contributed by atoms with Gasteiger partial charge in [0.1, 0.15) is 0 Å². The van der Waals surface area contributed by atoms with Gasteiger partial charge < -0.3 is 10.5 Å². The van der Waals surface area contributed by atoms with Crippen LogP contribution in [0.2, 0.25) is 0 Å². The van der Waals surface area contributed by atoms with Crippen LogP contribution in [0.25, 0.3) is 0 Å². The average molecular weight is 332 g/mol. The summed E-state index contributed by atoms with van der Waals surface area (Å²) in [6.07, 6.45) is 8.51. The molecule has 4 aliphatic rings. The number of ketones is 1. The zero-order valence-electron chi connectivity index (χ0n) is 15.5. The lowest BCUT2D eigenvalue weighted by Crippen LogP contribution is -2.56. The van der Waals surface area contributed by atoms with Gasteiger partial charge in [-0.3, -0.25) is 4.79 Å². The molecule has 0 amide bonds. The molecule has 2 unspecified atom stereocenters. The Labute approximate surface area is 146 Å². The molecular weight excluding hydrogens is 298 g/mol. The predicted octanol–water partition coefficient (Wildman–Crippen LogP) is 4.22. The van der Waals surface area contributed by atoms with Crippen LogP contribution in [0, 0.1) is 45.8 Å². The number of hydrogen-bond donors (Lipinski definition) is 2. The molecule has 3 heteroatoms. The quantitative estimate of drug-likeness (QED) is 0.755. The summed E-state index contributed by atoms with van der Waals surface area (Å²) in [6.45, 7) is 6.81. The molecule has 24 heavy (non-hydrogen) atoms. The smallest absolute Gasteiger partial charge is 0.176 e. The fourth-order valence-electron chi connectivity index (χ4n) is 7.83. The van der Waals surface area contributed by atoms with E-state index in [0.29, 0.717) is 29.4 Å². The summed E-state index contributed by atoms with van der Waals surface area (Å²) in [4.78, 5) is 12.1. The van der Waals surface area contributed by atoms with Gasteiger partial charge >= 0.3 is 0 Å². The van der Waals surface area contributed by atoms with Crippen molar-refractivity contribution in [1.29, 1.82) is 5.41 Å². The van der Waals surface area contributed by atoms with Crippen molar-refractivity contribution < 1.29 is 9.90 Å². The second-order valence-electron chi connectivity index (χ2n) is 9.82. The highest BCUT2D eigenvalue weighted by Crippen LogP contribution is 2.67. The predicted molar refractivity (Wildman–Crippen MR) is 95.0 cm³/mol. The summed E-state index contributed by atoms with van der Waals surface area (Å²) in [5, 5.41) is 18.6. The Kier molecular flexibility index (Phi) is 3.77. The lowest BCUT2D eigenvalue weighted by Gasteiger charge is -2.60. The van der Waals surface area contributed by atoms with E-state index in [1.165, 1.54) is 32.1 Å². The average Bonchev–Trinajstić information content (AvgIpc) is 2.89. The minimum atomic E-state index is -0.191. The Morgan fingerprint density at radius 2 is 1.75 bits per heavy atom. The highest BCUT2D eigenvalue weighted by Gasteiger charge is 2.61. The van der Waals surface area contributed by atoms with Crippen molar-refractivity contribution in [3.05, 3.63) is 0 Å². The summed E-state index contributed by atoms with van der Waals surface area (Å²) in [7, 11) is 0. The zero-order valence-corrected chi connectivity index (χ0v) is 15.5. The van der Waals surface area contributed by atoms with E-state index in [9.17, 15) is 9.90 Å². The summed E-state index contributed by atoms with van der Waals surface area (Å²) in [5.74, 6) is 2.93. The third-order valence-electron chi connectivity index (χ3n) is 9.06. The fraction of sp³-hybridized carbons (Fsp3) is 0.905. The van der Waals surface area contributed by atoms with Gasteiger partial charge in [-0.2, -0.15) is 0 Å². The number of fused-ring (bicyclic) bond motifs is 5. The van der Waals surface area contributed by atoms with E-state index in [2.05, 4.69) is 13.8 Å². The maximum absolute atomic E-state index is 12.1. The van der Waals surface area contributed by atoms with E-state index < -0.39 is 0 Å². The van der Waals surface area contributed by atoms with Crippen LogP contribution < -0.4 is 0 Å². The first-order chi connectivity index (χ1) is 11.3. The first-order valence-corrected chi connectivity index (χ1v) is 10.1. The van der Waals surface area contributed by atoms with Crippen molar-refractivity contribution in [2.24, 2.45) is 40.4 Å². The van der Waals surface area contributed by atoms with Crippen molar-refractivity contribution in [2.75, 3.05) is 0 Å². The molecule has 0 aromatic carbocycles. The maximum Gasteiger partial charge on any atom is 0.176 e. The number of rotatable bonds is 1. The summed E-state index contributed by atoms with van der Waals surface area (Å²) < 4.78 is 0. The van der Waals surface area contributed by atoms with Crippen LogP contribution in [0.4, 0.5) is 0 Å². The molecular formula is C21H33NO2. The number of nitrogens with one attached hydrogen (secondary N) is 1. The molecule has 4 rings (SSSR count). The fourth-order valence-corrected chi connectivity index (χ4v) is 7.83. The second kappa shape index (κ2) is 5.40. The lowest BCUT2D eigenvalue weighted by atomic mass is 9.44. The zero-order chi connectivity index (χ0) is 17.3. The molecule has 0 heterocycles. The SMILES string of the molecule is CC(O)[C@H]1CC[C@H]2[C@@H]3CCC4C(=N)C(=O)CC[C@]4(C)[C@H]3CC[C@]12C. The van der Waals surface area contributed by atoms with Gasteiger partial charge in [-0.05, 0) is 86.4 Å². The molecule has 8 atom stereocenters. The van der Waals surface area contributed by atoms with E-state index in [4.69, 9.17) is 5.41 Å². The van der Waals surface area contributed by atoms with Crippen LogP contribution in [0.1, 0.15) is 72.1 Å². The normalized spacial score (nSPS) is 52.4. The molecule has 4 saturated carbocycles. The number of hydrogen-bond acceptors (Lipinski definition) is 3. The molecule has 0 radical (unpaired) electrons. The Hall–Kier alpha value is -0.700. The molecule has 4 aliphatic carbocycles. The highest BCUT2D eigenvalue weighted by molar-refractivity contribution is 6.40. The molecule has 3 nitrogen and oxygen atoms in total. The Balaban J connectivity index is 1.64. The second-order valence-corrected chi connectivity index (χ2v) is 9.82. The molecule has 0 bridgehead atoms. The minimum absolute atomic E-state index is 0.103. The summed E-state index contributed by atoms with van der Waals surface area (Å²) in [6, 6.07) is 0. The van der Waals surface area contributed by atoms with Gasteiger partial charge in [0.25, 0.3) is 0 Å². The molecule has 0 aliphatic heterocycles. The van der Waals surface area contributed by atoms with Crippen LogP contribution in [0.5, 0.6) is 0 Å². The molecule has 0 aromatic heterocycles. The number of carbonyl (C=O) groups excluding carboxylic acids is 1. The summed E-state index contributed by atoms with van der Waals surface area (Å²) in [5.41, 5.74) is 0.901.